The van der Waals surface area contributed by atoms with Crippen molar-refractivity contribution in [1.29, 1.82) is 0 Å². The second-order valence-corrected chi connectivity index (χ2v) is 4.03. The van der Waals surface area contributed by atoms with Gasteiger partial charge < -0.3 is 5.11 Å². The Labute approximate surface area is 106 Å². The van der Waals surface area contributed by atoms with E-state index in [1.807, 2.05) is 0 Å². The van der Waals surface area contributed by atoms with Crippen molar-refractivity contribution in [3.8, 4) is 11.1 Å². The largest absolute Gasteiger partial charge is 0.478 e. The van der Waals surface area contributed by atoms with Crippen LogP contribution in [-0.2, 0) is 0 Å². The third-order valence-electron chi connectivity index (χ3n) is 2.44. The average Bonchev–Trinajstić information content (AvgIpc) is 2.32. The lowest BCUT2D eigenvalue weighted by Gasteiger charge is -2.07. The van der Waals surface area contributed by atoms with Crippen molar-refractivity contribution in [3.05, 3.63) is 58.6 Å². The molecule has 0 amide bonds. The summed E-state index contributed by atoms with van der Waals surface area (Å²) in [6, 6.07) is 7.38. The van der Waals surface area contributed by atoms with E-state index in [0.717, 1.165) is 12.1 Å². The molecule has 2 nitrogen and oxygen atoms in total. The maximum absolute atomic E-state index is 13.5. The van der Waals surface area contributed by atoms with E-state index < -0.39 is 23.2 Å². The molecule has 0 aromatic heterocycles. The molecule has 0 heterocycles. The smallest absolute Gasteiger partial charge is 0.338 e. The first-order valence-electron chi connectivity index (χ1n) is 4.97. The first kappa shape index (κ1) is 12.5. The summed E-state index contributed by atoms with van der Waals surface area (Å²) in [5, 5.41) is 8.84. The van der Waals surface area contributed by atoms with Crippen LogP contribution < -0.4 is 0 Å². The molecule has 0 spiro atoms. The second-order valence-electron chi connectivity index (χ2n) is 3.62. The van der Waals surface area contributed by atoms with Gasteiger partial charge in [0.05, 0.1) is 5.56 Å². The Hall–Kier alpha value is -1.94. The van der Waals surface area contributed by atoms with Crippen molar-refractivity contribution < 1.29 is 18.7 Å². The van der Waals surface area contributed by atoms with E-state index >= 15 is 0 Å². The number of benzene rings is 2. The minimum absolute atomic E-state index is 0.0976. The van der Waals surface area contributed by atoms with Gasteiger partial charge in [-0.1, -0.05) is 23.7 Å². The van der Waals surface area contributed by atoms with Gasteiger partial charge in [-0.15, -0.1) is 0 Å². The molecular weight excluding hydrogens is 262 g/mol. The number of halogens is 3. The van der Waals surface area contributed by atoms with Crippen LogP contribution in [0, 0.1) is 11.6 Å². The predicted molar refractivity (Wildman–Crippen MR) is 63.8 cm³/mol. The summed E-state index contributed by atoms with van der Waals surface area (Å²) in [6.07, 6.45) is 0. The highest BCUT2D eigenvalue weighted by atomic mass is 35.5. The lowest BCUT2D eigenvalue weighted by atomic mass is 10.0. The van der Waals surface area contributed by atoms with Gasteiger partial charge in [0.1, 0.15) is 11.6 Å². The molecule has 92 valence electrons. The first-order valence-corrected chi connectivity index (χ1v) is 5.35. The highest BCUT2D eigenvalue weighted by Crippen LogP contribution is 2.30. The third-order valence-corrected chi connectivity index (χ3v) is 2.76. The van der Waals surface area contributed by atoms with Gasteiger partial charge >= 0.3 is 5.97 Å². The summed E-state index contributed by atoms with van der Waals surface area (Å²) in [5.74, 6) is -2.69. The zero-order chi connectivity index (χ0) is 13.3. The van der Waals surface area contributed by atoms with Crippen LogP contribution in [-0.4, -0.2) is 11.1 Å². The van der Waals surface area contributed by atoms with Gasteiger partial charge in [-0.05, 0) is 29.8 Å². The molecule has 18 heavy (non-hydrogen) atoms. The standard InChI is InChI=1S/C13H7ClF2O2/c14-11-5-10(13(17)18)12(16)6-9(11)7-1-3-8(15)4-2-7/h1-6H,(H,17,18). The Morgan fingerprint density at radius 2 is 1.72 bits per heavy atom. The molecule has 0 unspecified atom stereocenters. The summed E-state index contributed by atoms with van der Waals surface area (Å²) in [5.41, 5.74) is 0.335. The van der Waals surface area contributed by atoms with E-state index in [1.165, 1.54) is 24.3 Å². The van der Waals surface area contributed by atoms with Gasteiger partial charge in [-0.3, -0.25) is 0 Å². The normalized spacial score (nSPS) is 10.4. The van der Waals surface area contributed by atoms with Gasteiger partial charge in [0.25, 0.3) is 0 Å². The number of carbonyl (C=O) groups is 1. The minimum Gasteiger partial charge on any atom is -0.478 e. The molecule has 0 bridgehead atoms. The van der Waals surface area contributed by atoms with E-state index in [2.05, 4.69) is 0 Å². The number of carboxylic acids is 1. The molecule has 0 aliphatic rings. The lowest BCUT2D eigenvalue weighted by Crippen LogP contribution is -2.01. The number of carboxylic acid groups (broad SMARTS) is 1. The maximum Gasteiger partial charge on any atom is 0.338 e. The van der Waals surface area contributed by atoms with E-state index in [4.69, 9.17) is 16.7 Å². The number of hydrogen-bond acceptors (Lipinski definition) is 1. The molecule has 5 heteroatoms. The van der Waals surface area contributed by atoms with Crippen molar-refractivity contribution in [2.45, 2.75) is 0 Å². The van der Waals surface area contributed by atoms with Crippen molar-refractivity contribution in [1.82, 2.24) is 0 Å². The van der Waals surface area contributed by atoms with Gasteiger partial charge in [-0.2, -0.15) is 0 Å². The second kappa shape index (κ2) is 4.74. The molecular formula is C13H7ClF2O2. The van der Waals surface area contributed by atoms with Crippen LogP contribution in [0.25, 0.3) is 11.1 Å². The van der Waals surface area contributed by atoms with Gasteiger partial charge in [0.15, 0.2) is 0 Å². The van der Waals surface area contributed by atoms with Crippen LogP contribution in [0.5, 0.6) is 0 Å². The van der Waals surface area contributed by atoms with Gasteiger partial charge in [-0.25, -0.2) is 13.6 Å². The Bertz CT molecular complexity index is 609. The zero-order valence-corrected chi connectivity index (χ0v) is 9.71. The molecule has 1 N–H and O–H groups in total. The lowest BCUT2D eigenvalue weighted by molar-refractivity contribution is 0.0692. The molecule has 0 aliphatic carbocycles. The number of hydrogen-bond donors (Lipinski definition) is 1. The summed E-state index contributed by atoms with van der Waals surface area (Å²) in [7, 11) is 0. The van der Waals surface area contributed by atoms with E-state index in [1.54, 1.807) is 0 Å². The van der Waals surface area contributed by atoms with Gasteiger partial charge in [0.2, 0.25) is 0 Å². The Kier molecular flexibility index (Phi) is 3.30. The fourth-order valence-electron chi connectivity index (χ4n) is 1.56. The average molecular weight is 269 g/mol. The van der Waals surface area contributed by atoms with E-state index in [0.29, 0.717) is 11.1 Å². The topological polar surface area (TPSA) is 37.3 Å². The van der Waals surface area contributed by atoms with Crippen molar-refractivity contribution >= 4 is 17.6 Å². The molecule has 0 saturated heterocycles. The zero-order valence-electron chi connectivity index (χ0n) is 8.95. The summed E-state index contributed by atoms with van der Waals surface area (Å²) in [4.78, 5) is 10.7. The molecule has 0 fully saturated rings. The minimum atomic E-state index is -1.39. The Morgan fingerprint density at radius 3 is 2.28 bits per heavy atom. The Morgan fingerprint density at radius 1 is 1.11 bits per heavy atom. The van der Waals surface area contributed by atoms with Crippen LogP contribution >= 0.6 is 11.6 Å². The monoisotopic (exact) mass is 268 g/mol. The van der Waals surface area contributed by atoms with E-state index in [-0.39, 0.29) is 5.02 Å². The summed E-state index contributed by atoms with van der Waals surface area (Å²) >= 11 is 5.90. The fraction of sp³-hybridized carbons (Fsp3) is 0. The predicted octanol–water partition coefficient (Wildman–Crippen LogP) is 3.98. The molecule has 0 atom stereocenters. The molecule has 2 rings (SSSR count). The van der Waals surface area contributed by atoms with Crippen LogP contribution in [0.1, 0.15) is 10.4 Å². The quantitative estimate of drug-likeness (QED) is 0.894. The van der Waals surface area contributed by atoms with Crippen LogP contribution in [0.3, 0.4) is 0 Å². The van der Waals surface area contributed by atoms with E-state index in [9.17, 15) is 13.6 Å². The third kappa shape index (κ3) is 2.33. The fourth-order valence-corrected chi connectivity index (χ4v) is 1.83. The van der Waals surface area contributed by atoms with Crippen LogP contribution in [0.2, 0.25) is 5.02 Å². The molecule has 0 radical (unpaired) electrons. The Balaban J connectivity index is 2.56. The van der Waals surface area contributed by atoms with Crippen LogP contribution in [0.15, 0.2) is 36.4 Å². The van der Waals surface area contributed by atoms with Crippen molar-refractivity contribution in [2.24, 2.45) is 0 Å². The molecule has 2 aromatic carbocycles. The van der Waals surface area contributed by atoms with Gasteiger partial charge in [0, 0.05) is 10.6 Å². The first-order chi connectivity index (χ1) is 8.49. The number of rotatable bonds is 2. The number of aromatic carboxylic acids is 1. The maximum atomic E-state index is 13.5. The highest BCUT2D eigenvalue weighted by Gasteiger charge is 2.15. The summed E-state index contributed by atoms with van der Waals surface area (Å²) < 4.78 is 26.3. The van der Waals surface area contributed by atoms with Crippen molar-refractivity contribution in [2.75, 3.05) is 0 Å². The SMILES string of the molecule is O=C(O)c1cc(Cl)c(-c2ccc(F)cc2)cc1F. The van der Waals surface area contributed by atoms with Crippen LogP contribution in [0.4, 0.5) is 8.78 Å². The highest BCUT2D eigenvalue weighted by molar-refractivity contribution is 6.33. The van der Waals surface area contributed by atoms with Crippen molar-refractivity contribution in [3.63, 3.8) is 0 Å². The summed E-state index contributed by atoms with van der Waals surface area (Å²) in [6.45, 7) is 0. The molecule has 0 saturated carbocycles. The molecule has 0 aliphatic heterocycles. The molecule has 2 aromatic rings.